The van der Waals surface area contributed by atoms with E-state index < -0.39 is 11.4 Å². The van der Waals surface area contributed by atoms with Gasteiger partial charge in [-0.2, -0.15) is 4.99 Å². The van der Waals surface area contributed by atoms with E-state index in [-0.39, 0.29) is 11.7 Å². The van der Waals surface area contributed by atoms with Crippen molar-refractivity contribution in [2.75, 3.05) is 0 Å². The highest BCUT2D eigenvalue weighted by Gasteiger charge is 2.47. The Morgan fingerprint density at radius 2 is 2.06 bits per heavy atom. The molecule has 1 aliphatic rings. The summed E-state index contributed by atoms with van der Waals surface area (Å²) in [6.45, 7) is 5.95. The molecule has 0 aromatic carbocycles. The van der Waals surface area contributed by atoms with Crippen LogP contribution in [-0.4, -0.2) is 17.8 Å². The van der Waals surface area contributed by atoms with Gasteiger partial charge in [0, 0.05) is 0 Å². The Hall–Kier alpha value is -1.65. The van der Waals surface area contributed by atoms with E-state index in [9.17, 15) is 9.59 Å². The molecule has 0 aliphatic carbocycles. The first kappa shape index (κ1) is 14.4. The Morgan fingerprint density at radius 1 is 1.39 bits per heavy atom. The second-order valence-corrected chi connectivity index (χ2v) is 4.40. The van der Waals surface area contributed by atoms with Gasteiger partial charge >= 0.3 is 6.03 Å². The van der Waals surface area contributed by atoms with E-state index in [2.05, 4.69) is 10.3 Å². The van der Waals surface area contributed by atoms with Crippen molar-refractivity contribution in [1.29, 1.82) is 0 Å². The van der Waals surface area contributed by atoms with Crippen LogP contribution in [0.1, 0.15) is 46.5 Å². The molecule has 1 unspecified atom stereocenters. The van der Waals surface area contributed by atoms with Crippen molar-refractivity contribution in [1.82, 2.24) is 5.32 Å². The fraction of sp³-hybridized carbons (Fsp3) is 0.615. The molecule has 0 fully saturated rings. The first-order chi connectivity index (χ1) is 8.52. The summed E-state index contributed by atoms with van der Waals surface area (Å²) in [4.78, 5) is 27.2. The molecule has 0 aromatic rings. The smallest absolute Gasteiger partial charge is 0.349 e. The number of urea groups is 1. The number of amidine groups is 1. The Labute approximate surface area is 108 Å². The maximum absolute atomic E-state index is 12.2. The minimum absolute atomic E-state index is 0.118. The van der Waals surface area contributed by atoms with Crippen LogP contribution < -0.4 is 11.1 Å². The molecule has 1 rings (SSSR count). The molecule has 3 N–H and O–H groups in total. The summed E-state index contributed by atoms with van der Waals surface area (Å²) >= 11 is 0. The van der Waals surface area contributed by atoms with Gasteiger partial charge in [-0.15, -0.1) is 0 Å². The summed E-state index contributed by atoms with van der Waals surface area (Å²) in [5, 5.41) is 2.26. The van der Waals surface area contributed by atoms with Crippen molar-refractivity contribution >= 4 is 17.8 Å². The molecule has 0 saturated carbocycles. The highest BCUT2D eigenvalue weighted by molar-refractivity contribution is 6.20. The van der Waals surface area contributed by atoms with E-state index >= 15 is 0 Å². The van der Waals surface area contributed by atoms with Gasteiger partial charge in [-0.25, -0.2) is 4.79 Å². The number of imide groups is 1. The molecule has 0 bridgehead atoms. The van der Waals surface area contributed by atoms with Gasteiger partial charge in [0.1, 0.15) is 11.3 Å². The topological polar surface area (TPSA) is 84.5 Å². The first-order valence-electron chi connectivity index (χ1n) is 6.42. The predicted molar refractivity (Wildman–Crippen MR) is 71.2 cm³/mol. The first-order valence-corrected chi connectivity index (χ1v) is 6.42. The Morgan fingerprint density at radius 3 is 2.50 bits per heavy atom. The van der Waals surface area contributed by atoms with Crippen molar-refractivity contribution < 1.29 is 9.59 Å². The number of rotatable bonds is 5. The number of hydrogen-bond acceptors (Lipinski definition) is 3. The van der Waals surface area contributed by atoms with Gasteiger partial charge in [0.05, 0.1) is 0 Å². The lowest BCUT2D eigenvalue weighted by Crippen LogP contribution is -2.55. The molecule has 18 heavy (non-hydrogen) atoms. The summed E-state index contributed by atoms with van der Waals surface area (Å²) in [5.74, 6) is -0.234. The highest BCUT2D eigenvalue weighted by atomic mass is 16.2. The van der Waals surface area contributed by atoms with Gasteiger partial charge in [0.25, 0.3) is 0 Å². The second-order valence-electron chi connectivity index (χ2n) is 4.40. The summed E-state index contributed by atoms with van der Waals surface area (Å²) in [6, 6.07) is -0.672. The normalized spacial score (nSPS) is 24.8. The van der Waals surface area contributed by atoms with E-state index in [1.54, 1.807) is 0 Å². The third kappa shape index (κ3) is 2.30. The molecule has 3 amide bonds. The van der Waals surface area contributed by atoms with Crippen molar-refractivity contribution in [2.45, 2.75) is 46.5 Å². The van der Waals surface area contributed by atoms with Crippen LogP contribution in [0.4, 0.5) is 4.79 Å². The molecule has 1 atom stereocenters. The Bertz CT molecular complexity index is 412. The molecule has 1 heterocycles. The number of allylic oxidation sites excluding steroid dienone is 1. The maximum Gasteiger partial charge on any atom is 0.349 e. The van der Waals surface area contributed by atoms with Crippen LogP contribution in [0.25, 0.3) is 0 Å². The number of amides is 3. The van der Waals surface area contributed by atoms with Crippen LogP contribution >= 0.6 is 0 Å². The van der Waals surface area contributed by atoms with Gasteiger partial charge in [0.2, 0.25) is 5.91 Å². The number of nitrogens with one attached hydrogen (secondary N) is 1. The van der Waals surface area contributed by atoms with Gasteiger partial charge < -0.3 is 5.73 Å². The Balaban J connectivity index is 3.33. The summed E-state index contributed by atoms with van der Waals surface area (Å²) < 4.78 is 0. The van der Waals surface area contributed by atoms with E-state index in [1.165, 1.54) is 0 Å². The van der Waals surface area contributed by atoms with Crippen molar-refractivity contribution in [3.8, 4) is 0 Å². The molecular weight excluding hydrogens is 230 g/mol. The van der Waals surface area contributed by atoms with Crippen LogP contribution in [0.5, 0.6) is 0 Å². The van der Waals surface area contributed by atoms with Gasteiger partial charge in [-0.3, -0.25) is 10.1 Å². The second kappa shape index (κ2) is 5.80. The quantitative estimate of drug-likeness (QED) is 0.734. The third-order valence-electron chi connectivity index (χ3n) is 3.32. The standard InChI is InChI=1S/C13H21N3O2/c1-4-7-9(8-5-2)13(6-3)10(14)15-12(18)16-11(13)17/h7H,4-6,8H2,1-3H3,(H3,14,15,16,17,18). The zero-order valence-corrected chi connectivity index (χ0v) is 11.2. The fourth-order valence-electron chi connectivity index (χ4n) is 2.44. The van der Waals surface area contributed by atoms with Crippen molar-refractivity contribution in [3.63, 3.8) is 0 Å². The number of nitrogens with zero attached hydrogens (tertiary/aromatic N) is 1. The molecule has 0 aromatic heterocycles. The zero-order valence-electron chi connectivity index (χ0n) is 11.2. The number of carbonyl (C=O) groups excluding carboxylic acids is 2. The van der Waals surface area contributed by atoms with Crippen LogP contribution in [0.15, 0.2) is 16.6 Å². The van der Waals surface area contributed by atoms with Crippen LogP contribution in [0.2, 0.25) is 0 Å². The predicted octanol–water partition coefficient (Wildman–Crippen LogP) is 2.13. The summed E-state index contributed by atoms with van der Waals surface area (Å²) in [6.07, 6.45) is 5.05. The van der Waals surface area contributed by atoms with Crippen LogP contribution in [0.3, 0.4) is 0 Å². The molecule has 0 saturated heterocycles. The summed E-state index contributed by atoms with van der Waals surface area (Å²) in [7, 11) is 0. The molecule has 0 spiro atoms. The van der Waals surface area contributed by atoms with Crippen LogP contribution in [-0.2, 0) is 4.79 Å². The average Bonchev–Trinajstić information content (AvgIpc) is 2.29. The lowest BCUT2D eigenvalue weighted by Gasteiger charge is -2.35. The van der Waals surface area contributed by atoms with Crippen molar-refractivity contribution in [2.24, 2.45) is 16.1 Å². The highest BCUT2D eigenvalue weighted by Crippen LogP contribution is 2.37. The monoisotopic (exact) mass is 251 g/mol. The molecule has 100 valence electrons. The zero-order chi connectivity index (χ0) is 13.8. The molecule has 5 heteroatoms. The van der Waals surface area contributed by atoms with E-state index in [4.69, 9.17) is 5.73 Å². The lowest BCUT2D eigenvalue weighted by molar-refractivity contribution is -0.125. The molecule has 0 radical (unpaired) electrons. The van der Waals surface area contributed by atoms with E-state index in [0.29, 0.717) is 6.42 Å². The number of nitrogens with two attached hydrogens (primary N) is 1. The number of aliphatic imine (C=N–C) groups is 1. The van der Waals surface area contributed by atoms with Gasteiger partial charge in [0.15, 0.2) is 0 Å². The van der Waals surface area contributed by atoms with Gasteiger partial charge in [-0.1, -0.05) is 38.8 Å². The molecule has 5 nitrogen and oxygen atoms in total. The third-order valence-corrected chi connectivity index (χ3v) is 3.32. The number of carbonyl (C=O) groups is 2. The van der Waals surface area contributed by atoms with Crippen LogP contribution in [0, 0.1) is 5.41 Å². The van der Waals surface area contributed by atoms with E-state index in [0.717, 1.165) is 24.8 Å². The fourth-order valence-corrected chi connectivity index (χ4v) is 2.44. The minimum Gasteiger partial charge on any atom is -0.386 e. The largest absolute Gasteiger partial charge is 0.386 e. The number of hydrogen-bond donors (Lipinski definition) is 2. The van der Waals surface area contributed by atoms with Crippen molar-refractivity contribution in [3.05, 3.63) is 11.6 Å². The minimum atomic E-state index is -0.945. The SMILES string of the molecule is CCC=C(CCC)C1(CC)C(=O)NC(=O)N=C1N. The maximum atomic E-state index is 12.2. The molecular formula is C13H21N3O2. The average molecular weight is 251 g/mol. The Kier molecular flexibility index (Phi) is 4.64. The summed E-state index contributed by atoms with van der Waals surface area (Å²) in [5.41, 5.74) is 5.91. The lowest BCUT2D eigenvalue weighted by atomic mass is 9.72. The van der Waals surface area contributed by atoms with E-state index in [1.807, 2.05) is 26.8 Å². The molecule has 1 aliphatic heterocycles. The van der Waals surface area contributed by atoms with Gasteiger partial charge in [-0.05, 0) is 19.3 Å².